The Morgan fingerprint density at radius 1 is 1.38 bits per heavy atom. The van der Waals surface area contributed by atoms with E-state index in [9.17, 15) is 9.90 Å². The van der Waals surface area contributed by atoms with Crippen molar-refractivity contribution in [2.24, 2.45) is 5.92 Å². The van der Waals surface area contributed by atoms with Crippen molar-refractivity contribution < 1.29 is 9.90 Å². The van der Waals surface area contributed by atoms with Crippen molar-refractivity contribution in [3.8, 4) is 5.75 Å². The molecule has 1 unspecified atom stereocenters. The fraction of sp³-hybridized carbons (Fsp3) is 0.533. The molecule has 0 saturated carbocycles. The van der Waals surface area contributed by atoms with Gasteiger partial charge in [0.15, 0.2) is 0 Å². The average Bonchev–Trinajstić information content (AvgIpc) is 2.48. The molecular weight excluding hydrogens is 308 g/mol. The van der Waals surface area contributed by atoms with Crippen LogP contribution in [0.15, 0.2) is 29.2 Å². The summed E-state index contributed by atoms with van der Waals surface area (Å²) in [6, 6.07) is 6.91. The molecule has 1 aromatic carbocycles. The molecule has 0 aromatic heterocycles. The van der Waals surface area contributed by atoms with E-state index in [-0.39, 0.29) is 24.1 Å². The summed E-state index contributed by atoms with van der Waals surface area (Å²) >= 11 is 1.49. The van der Waals surface area contributed by atoms with Gasteiger partial charge in [0.2, 0.25) is 5.91 Å². The number of nitrogens with one attached hydrogen (secondary N) is 2. The number of benzene rings is 1. The third-order valence-corrected chi connectivity index (χ3v) is 4.49. The zero-order valence-electron chi connectivity index (χ0n) is 12.0. The number of piperidine rings is 1. The molecular formula is C15H23ClN2O2S. The topological polar surface area (TPSA) is 61.4 Å². The second kappa shape index (κ2) is 9.92. The molecule has 4 nitrogen and oxygen atoms in total. The minimum Gasteiger partial charge on any atom is -0.508 e. The summed E-state index contributed by atoms with van der Waals surface area (Å²) in [5.74, 6) is 1.45. The molecule has 3 N–H and O–H groups in total. The molecule has 118 valence electrons. The summed E-state index contributed by atoms with van der Waals surface area (Å²) in [7, 11) is 0. The number of amides is 1. The quantitative estimate of drug-likeness (QED) is 0.701. The lowest BCUT2D eigenvalue weighted by Crippen LogP contribution is -2.33. The number of phenolic OH excluding ortho intramolecular Hbond substituents is 1. The van der Waals surface area contributed by atoms with Crippen molar-refractivity contribution in [3.63, 3.8) is 0 Å². The van der Waals surface area contributed by atoms with Crippen LogP contribution in [0.1, 0.15) is 19.3 Å². The standard InChI is InChI=1S/C15H22N2O2S.ClH/c18-13-3-5-14(6-4-13)20-11-15(19)17-9-7-12-2-1-8-16-10-12;/h3-6,12,16,18H,1-2,7-11H2,(H,17,19);1H. The zero-order valence-corrected chi connectivity index (χ0v) is 13.6. The van der Waals surface area contributed by atoms with E-state index in [0.29, 0.717) is 11.7 Å². The highest BCUT2D eigenvalue weighted by atomic mass is 35.5. The number of carbonyl (C=O) groups excluding carboxylic acids is 1. The molecule has 6 heteroatoms. The minimum absolute atomic E-state index is 0. The third kappa shape index (κ3) is 7.07. The number of carbonyl (C=O) groups is 1. The second-order valence-corrected chi connectivity index (χ2v) is 6.18. The number of halogens is 1. The predicted octanol–water partition coefficient (Wildman–Crippen LogP) is 2.41. The van der Waals surface area contributed by atoms with Crippen molar-refractivity contribution >= 4 is 30.1 Å². The van der Waals surface area contributed by atoms with Crippen molar-refractivity contribution in [2.75, 3.05) is 25.4 Å². The van der Waals surface area contributed by atoms with Crippen LogP contribution in [0.2, 0.25) is 0 Å². The van der Waals surface area contributed by atoms with E-state index in [1.54, 1.807) is 12.1 Å². The van der Waals surface area contributed by atoms with Crippen LogP contribution in [0.5, 0.6) is 5.75 Å². The van der Waals surface area contributed by atoms with Crippen molar-refractivity contribution in [3.05, 3.63) is 24.3 Å². The van der Waals surface area contributed by atoms with Crippen LogP contribution in [0, 0.1) is 5.92 Å². The lowest BCUT2D eigenvalue weighted by Gasteiger charge is -2.22. The van der Waals surface area contributed by atoms with Gasteiger partial charge in [0.05, 0.1) is 5.75 Å². The Balaban J connectivity index is 0.00000220. The van der Waals surface area contributed by atoms with E-state index in [1.165, 1.54) is 24.6 Å². The second-order valence-electron chi connectivity index (χ2n) is 5.13. The van der Waals surface area contributed by atoms with Crippen LogP contribution < -0.4 is 10.6 Å². The molecule has 1 heterocycles. The SMILES string of the molecule is Cl.O=C(CSc1ccc(O)cc1)NCCC1CCCNC1. The van der Waals surface area contributed by atoms with Gasteiger partial charge in [0.25, 0.3) is 0 Å². The highest BCUT2D eigenvalue weighted by Crippen LogP contribution is 2.20. The van der Waals surface area contributed by atoms with E-state index in [4.69, 9.17) is 0 Å². The number of thioether (sulfide) groups is 1. The maximum atomic E-state index is 11.7. The molecule has 0 spiro atoms. The zero-order chi connectivity index (χ0) is 14.2. The first-order valence-electron chi connectivity index (χ1n) is 7.13. The highest BCUT2D eigenvalue weighted by Gasteiger charge is 2.12. The van der Waals surface area contributed by atoms with Gasteiger partial charge in [-0.15, -0.1) is 24.2 Å². The van der Waals surface area contributed by atoms with Gasteiger partial charge >= 0.3 is 0 Å². The Labute approximate surface area is 136 Å². The lowest BCUT2D eigenvalue weighted by atomic mass is 9.96. The van der Waals surface area contributed by atoms with Crippen LogP contribution >= 0.6 is 24.2 Å². The van der Waals surface area contributed by atoms with Crippen LogP contribution in [-0.2, 0) is 4.79 Å². The van der Waals surface area contributed by atoms with Crippen molar-refractivity contribution in [1.29, 1.82) is 0 Å². The summed E-state index contributed by atoms with van der Waals surface area (Å²) in [4.78, 5) is 12.7. The summed E-state index contributed by atoms with van der Waals surface area (Å²) in [5, 5.41) is 15.5. The van der Waals surface area contributed by atoms with Gasteiger partial charge in [-0.1, -0.05) is 0 Å². The van der Waals surface area contributed by atoms with Crippen LogP contribution in [0.25, 0.3) is 0 Å². The van der Waals surface area contributed by atoms with Crippen molar-refractivity contribution in [2.45, 2.75) is 24.2 Å². The first kappa shape index (κ1) is 18.1. The van der Waals surface area contributed by atoms with Crippen LogP contribution in [0.4, 0.5) is 0 Å². The maximum Gasteiger partial charge on any atom is 0.230 e. The fourth-order valence-electron chi connectivity index (χ4n) is 2.33. The Kier molecular flexibility index (Phi) is 8.57. The molecule has 1 atom stereocenters. The molecule has 1 fully saturated rings. The molecule has 1 aliphatic rings. The molecule has 0 bridgehead atoms. The van der Waals surface area contributed by atoms with Gasteiger partial charge in [-0.2, -0.15) is 0 Å². The van der Waals surface area contributed by atoms with E-state index < -0.39 is 0 Å². The Hall–Kier alpha value is -0.910. The molecule has 2 rings (SSSR count). The molecule has 1 amide bonds. The largest absolute Gasteiger partial charge is 0.508 e. The summed E-state index contributed by atoms with van der Waals surface area (Å²) < 4.78 is 0. The van der Waals surface area contributed by atoms with Gasteiger partial charge in [-0.05, 0) is 62.5 Å². The number of aromatic hydroxyl groups is 1. The predicted molar refractivity (Wildman–Crippen MR) is 89.3 cm³/mol. The van der Waals surface area contributed by atoms with E-state index in [2.05, 4.69) is 10.6 Å². The average molecular weight is 331 g/mol. The van der Waals surface area contributed by atoms with Gasteiger partial charge in [-0.3, -0.25) is 4.79 Å². The Morgan fingerprint density at radius 3 is 2.81 bits per heavy atom. The molecule has 1 aromatic rings. The van der Waals surface area contributed by atoms with Crippen LogP contribution in [0.3, 0.4) is 0 Å². The summed E-state index contributed by atoms with van der Waals surface area (Å²) in [6.45, 7) is 2.98. The van der Waals surface area contributed by atoms with Gasteiger partial charge in [0, 0.05) is 11.4 Å². The normalized spacial score (nSPS) is 17.8. The van der Waals surface area contributed by atoms with E-state index >= 15 is 0 Å². The maximum absolute atomic E-state index is 11.7. The summed E-state index contributed by atoms with van der Waals surface area (Å²) in [6.07, 6.45) is 3.57. The molecule has 1 aliphatic heterocycles. The number of hydrogen-bond acceptors (Lipinski definition) is 4. The first-order chi connectivity index (χ1) is 9.74. The number of phenols is 1. The molecule has 1 saturated heterocycles. The smallest absolute Gasteiger partial charge is 0.230 e. The van der Waals surface area contributed by atoms with Gasteiger partial charge < -0.3 is 15.7 Å². The Bertz CT molecular complexity index is 422. The van der Waals surface area contributed by atoms with Crippen LogP contribution in [-0.4, -0.2) is 36.4 Å². The molecule has 0 aliphatic carbocycles. The Morgan fingerprint density at radius 2 is 2.14 bits per heavy atom. The molecule has 21 heavy (non-hydrogen) atoms. The van der Waals surface area contributed by atoms with Crippen molar-refractivity contribution in [1.82, 2.24) is 10.6 Å². The fourth-order valence-corrected chi connectivity index (χ4v) is 3.06. The van der Waals surface area contributed by atoms with E-state index in [0.717, 1.165) is 31.0 Å². The highest BCUT2D eigenvalue weighted by molar-refractivity contribution is 8.00. The number of hydrogen-bond donors (Lipinski definition) is 3. The lowest BCUT2D eigenvalue weighted by molar-refractivity contribution is -0.118. The van der Waals surface area contributed by atoms with E-state index in [1.807, 2.05) is 12.1 Å². The minimum atomic E-state index is 0. The summed E-state index contributed by atoms with van der Waals surface area (Å²) in [5.41, 5.74) is 0. The third-order valence-electron chi connectivity index (χ3n) is 3.48. The van der Waals surface area contributed by atoms with Gasteiger partial charge in [-0.25, -0.2) is 0 Å². The molecule has 0 radical (unpaired) electrons. The number of rotatable bonds is 6. The first-order valence-corrected chi connectivity index (χ1v) is 8.12. The van der Waals surface area contributed by atoms with Gasteiger partial charge in [0.1, 0.15) is 5.75 Å². The monoisotopic (exact) mass is 330 g/mol.